The largest absolute Gasteiger partial charge is 0.493 e. The number of carboxylic acid groups (broad SMARTS) is 1. The van der Waals surface area contributed by atoms with E-state index in [1.807, 2.05) is 31.2 Å². The van der Waals surface area contributed by atoms with Crippen LogP contribution in [0.2, 0.25) is 0 Å². The van der Waals surface area contributed by atoms with Crippen molar-refractivity contribution in [3.63, 3.8) is 0 Å². The van der Waals surface area contributed by atoms with Gasteiger partial charge in [0.25, 0.3) is 0 Å². The molecule has 1 atom stereocenters. The lowest BCUT2D eigenvalue weighted by atomic mass is 10.2. The van der Waals surface area contributed by atoms with E-state index in [4.69, 9.17) is 14.6 Å². The maximum absolute atomic E-state index is 10.4. The Morgan fingerprint density at radius 3 is 2.59 bits per heavy atom. The minimum atomic E-state index is -0.769. The molecule has 17 heavy (non-hydrogen) atoms. The molecule has 0 bridgehead atoms. The van der Waals surface area contributed by atoms with Crippen LogP contribution >= 0.6 is 0 Å². The zero-order valence-electron chi connectivity index (χ0n) is 10.2. The molecular formula is C13H18O4. The van der Waals surface area contributed by atoms with Crippen LogP contribution in [0.15, 0.2) is 24.3 Å². The number of aliphatic carboxylic acids is 1. The number of carboxylic acids is 1. The lowest BCUT2D eigenvalue weighted by molar-refractivity contribution is -0.137. The van der Waals surface area contributed by atoms with Crippen LogP contribution in [0.1, 0.15) is 26.2 Å². The second-order valence-corrected chi connectivity index (χ2v) is 3.87. The molecule has 1 rings (SSSR count). The first-order valence-electron chi connectivity index (χ1n) is 5.65. The molecule has 0 fully saturated rings. The number of hydrogen-bond donors (Lipinski definition) is 1. The highest BCUT2D eigenvalue weighted by Gasteiger charge is 2.09. The highest BCUT2D eigenvalue weighted by atomic mass is 16.5. The Hall–Kier alpha value is -1.71. The maximum atomic E-state index is 10.4. The molecule has 0 aliphatic heterocycles. The van der Waals surface area contributed by atoms with Crippen molar-refractivity contribution in [3.05, 3.63) is 24.3 Å². The highest BCUT2D eigenvalue weighted by molar-refractivity contribution is 5.66. The SMILES string of the molecule is COc1ccccc1OC(C)CCCC(=O)O. The third-order valence-electron chi connectivity index (χ3n) is 2.40. The van der Waals surface area contributed by atoms with E-state index in [0.717, 1.165) is 0 Å². The van der Waals surface area contributed by atoms with Crippen molar-refractivity contribution in [2.24, 2.45) is 0 Å². The zero-order valence-corrected chi connectivity index (χ0v) is 10.2. The Balaban J connectivity index is 2.44. The fourth-order valence-corrected chi connectivity index (χ4v) is 1.53. The molecule has 0 amide bonds. The molecule has 1 unspecified atom stereocenters. The van der Waals surface area contributed by atoms with Crippen LogP contribution in [0.25, 0.3) is 0 Å². The fraction of sp³-hybridized carbons (Fsp3) is 0.462. The summed E-state index contributed by atoms with van der Waals surface area (Å²) in [5.74, 6) is 0.616. The van der Waals surface area contributed by atoms with E-state index in [0.29, 0.717) is 24.3 Å². The van der Waals surface area contributed by atoms with Crippen molar-refractivity contribution in [2.45, 2.75) is 32.3 Å². The van der Waals surface area contributed by atoms with Crippen molar-refractivity contribution in [3.8, 4) is 11.5 Å². The first-order chi connectivity index (χ1) is 8.13. The normalized spacial score (nSPS) is 11.9. The summed E-state index contributed by atoms with van der Waals surface area (Å²) >= 11 is 0. The Labute approximate surface area is 101 Å². The molecule has 4 heteroatoms. The van der Waals surface area contributed by atoms with Crippen molar-refractivity contribution in [2.75, 3.05) is 7.11 Å². The first-order valence-corrected chi connectivity index (χ1v) is 5.65. The molecule has 0 aromatic heterocycles. The molecule has 0 aliphatic carbocycles. The summed E-state index contributed by atoms with van der Waals surface area (Å²) in [6, 6.07) is 7.43. The minimum absolute atomic E-state index is 0.0225. The van der Waals surface area contributed by atoms with E-state index in [1.54, 1.807) is 7.11 Å². The number of hydrogen-bond acceptors (Lipinski definition) is 3. The highest BCUT2D eigenvalue weighted by Crippen LogP contribution is 2.27. The Bertz CT molecular complexity index is 362. The monoisotopic (exact) mass is 238 g/mol. The van der Waals surface area contributed by atoms with Crippen LogP contribution in [0, 0.1) is 0 Å². The summed E-state index contributed by atoms with van der Waals surface area (Å²) in [5.41, 5.74) is 0. The summed E-state index contributed by atoms with van der Waals surface area (Å²) in [5, 5.41) is 8.54. The average Bonchev–Trinajstić information content (AvgIpc) is 2.29. The number of para-hydroxylation sites is 2. The molecule has 1 aromatic carbocycles. The number of carbonyl (C=O) groups is 1. The van der Waals surface area contributed by atoms with Gasteiger partial charge in [-0.3, -0.25) is 4.79 Å². The third kappa shape index (κ3) is 4.76. The summed E-state index contributed by atoms with van der Waals surface area (Å²) < 4.78 is 10.9. The predicted molar refractivity (Wildman–Crippen MR) is 64.6 cm³/mol. The number of rotatable bonds is 7. The molecule has 0 saturated heterocycles. The summed E-state index contributed by atoms with van der Waals surface area (Å²) in [6.45, 7) is 1.92. The van der Waals surface area contributed by atoms with Gasteiger partial charge in [0, 0.05) is 6.42 Å². The standard InChI is InChI=1S/C13H18O4/c1-10(6-5-9-13(14)15)17-12-8-4-3-7-11(12)16-2/h3-4,7-8,10H,5-6,9H2,1-2H3,(H,14,15). The van der Waals surface area contributed by atoms with E-state index in [9.17, 15) is 4.79 Å². The summed E-state index contributed by atoms with van der Waals surface area (Å²) in [4.78, 5) is 10.4. The Morgan fingerprint density at radius 1 is 1.35 bits per heavy atom. The number of methoxy groups -OCH3 is 1. The van der Waals surface area contributed by atoms with Gasteiger partial charge in [-0.15, -0.1) is 0 Å². The van der Waals surface area contributed by atoms with E-state index in [1.165, 1.54) is 0 Å². The topological polar surface area (TPSA) is 55.8 Å². The Morgan fingerprint density at radius 2 is 2.00 bits per heavy atom. The molecule has 0 aliphatic rings. The van der Waals surface area contributed by atoms with E-state index >= 15 is 0 Å². The zero-order chi connectivity index (χ0) is 12.7. The lowest BCUT2D eigenvalue weighted by Gasteiger charge is -2.16. The molecule has 0 radical (unpaired) electrons. The molecule has 4 nitrogen and oxygen atoms in total. The van der Waals surface area contributed by atoms with Crippen LogP contribution in [-0.4, -0.2) is 24.3 Å². The van der Waals surface area contributed by atoms with Gasteiger partial charge >= 0.3 is 5.97 Å². The van der Waals surface area contributed by atoms with Gasteiger partial charge in [-0.05, 0) is 31.9 Å². The molecule has 1 N–H and O–H groups in total. The summed E-state index contributed by atoms with van der Waals surface area (Å²) in [6.07, 6.45) is 1.49. The van der Waals surface area contributed by atoms with Gasteiger partial charge in [0.05, 0.1) is 13.2 Å². The maximum Gasteiger partial charge on any atom is 0.303 e. The molecule has 0 heterocycles. The van der Waals surface area contributed by atoms with Crippen LogP contribution in [0.3, 0.4) is 0 Å². The Kier molecular flexibility index (Phi) is 5.33. The fourth-order valence-electron chi connectivity index (χ4n) is 1.53. The number of benzene rings is 1. The van der Waals surface area contributed by atoms with Gasteiger partial charge in [0.15, 0.2) is 11.5 Å². The third-order valence-corrected chi connectivity index (χ3v) is 2.40. The molecule has 0 saturated carbocycles. The molecular weight excluding hydrogens is 220 g/mol. The van der Waals surface area contributed by atoms with Crippen LogP contribution in [0.4, 0.5) is 0 Å². The predicted octanol–water partition coefficient (Wildman–Crippen LogP) is 2.72. The van der Waals surface area contributed by atoms with E-state index in [2.05, 4.69) is 0 Å². The van der Waals surface area contributed by atoms with Crippen molar-refractivity contribution >= 4 is 5.97 Å². The molecule has 1 aromatic rings. The van der Waals surface area contributed by atoms with Gasteiger partial charge in [-0.1, -0.05) is 12.1 Å². The first kappa shape index (κ1) is 13.4. The van der Waals surface area contributed by atoms with Crippen molar-refractivity contribution in [1.29, 1.82) is 0 Å². The smallest absolute Gasteiger partial charge is 0.303 e. The van der Waals surface area contributed by atoms with Gasteiger partial charge < -0.3 is 14.6 Å². The minimum Gasteiger partial charge on any atom is -0.493 e. The van der Waals surface area contributed by atoms with Crippen molar-refractivity contribution < 1.29 is 19.4 Å². The van der Waals surface area contributed by atoms with Crippen LogP contribution in [-0.2, 0) is 4.79 Å². The number of ether oxygens (including phenoxy) is 2. The van der Waals surface area contributed by atoms with Crippen molar-refractivity contribution in [1.82, 2.24) is 0 Å². The van der Waals surface area contributed by atoms with E-state index in [-0.39, 0.29) is 12.5 Å². The average molecular weight is 238 g/mol. The van der Waals surface area contributed by atoms with Gasteiger partial charge in [-0.25, -0.2) is 0 Å². The van der Waals surface area contributed by atoms with Gasteiger partial charge in [0.2, 0.25) is 0 Å². The van der Waals surface area contributed by atoms with Crippen LogP contribution in [0.5, 0.6) is 11.5 Å². The van der Waals surface area contributed by atoms with E-state index < -0.39 is 5.97 Å². The quantitative estimate of drug-likeness (QED) is 0.793. The molecule has 0 spiro atoms. The van der Waals surface area contributed by atoms with Gasteiger partial charge in [0.1, 0.15) is 0 Å². The second kappa shape index (κ2) is 6.78. The second-order valence-electron chi connectivity index (χ2n) is 3.87. The lowest BCUT2D eigenvalue weighted by Crippen LogP contribution is -2.12. The summed E-state index contributed by atoms with van der Waals surface area (Å²) in [7, 11) is 1.59. The van der Waals surface area contributed by atoms with Crippen LogP contribution < -0.4 is 9.47 Å². The van der Waals surface area contributed by atoms with Gasteiger partial charge in [-0.2, -0.15) is 0 Å². The molecule has 94 valence electrons.